The minimum Gasteiger partial charge on any atom is -0.393 e. The number of thiol groups is 1. The van der Waals surface area contributed by atoms with E-state index in [1.807, 2.05) is 24.3 Å². The summed E-state index contributed by atoms with van der Waals surface area (Å²) in [5.41, 5.74) is 1.78. The van der Waals surface area contributed by atoms with Gasteiger partial charge in [0.1, 0.15) is 6.10 Å². The Labute approximate surface area is 119 Å². The van der Waals surface area contributed by atoms with Crippen molar-refractivity contribution in [3.05, 3.63) is 29.8 Å². The van der Waals surface area contributed by atoms with Crippen molar-refractivity contribution in [1.82, 2.24) is 0 Å². The number of piperidine rings is 1. The fourth-order valence-corrected chi connectivity index (χ4v) is 2.53. The molecule has 0 amide bonds. The molecule has 0 spiro atoms. The first kappa shape index (κ1) is 14.7. The van der Waals surface area contributed by atoms with E-state index in [0.717, 1.165) is 31.6 Å². The Bertz CT molecular complexity index is 390. The largest absolute Gasteiger partial charge is 0.393 e. The number of aliphatic hydroxyl groups excluding tert-OH is 3. The summed E-state index contributed by atoms with van der Waals surface area (Å²) in [7, 11) is 0. The maximum atomic E-state index is 9.88. The normalized spacial score (nSPS) is 20.3. The number of benzene rings is 1. The lowest BCUT2D eigenvalue weighted by Crippen LogP contribution is -2.35. The van der Waals surface area contributed by atoms with Gasteiger partial charge in [-0.25, -0.2) is 0 Å². The zero-order valence-electron chi connectivity index (χ0n) is 10.8. The highest BCUT2D eigenvalue weighted by Gasteiger charge is 2.19. The van der Waals surface area contributed by atoms with E-state index in [-0.39, 0.29) is 11.9 Å². The third kappa shape index (κ3) is 3.63. The third-order valence-electron chi connectivity index (χ3n) is 3.62. The summed E-state index contributed by atoms with van der Waals surface area (Å²) in [6.07, 6.45) is -0.331. The molecule has 1 aromatic carbocycles. The van der Waals surface area contributed by atoms with E-state index in [1.54, 1.807) is 0 Å². The van der Waals surface area contributed by atoms with Crippen LogP contribution in [0.4, 0.5) is 5.69 Å². The summed E-state index contributed by atoms with van der Waals surface area (Å²) in [6.45, 7) is 1.70. The lowest BCUT2D eigenvalue weighted by atomic mass is 10.0. The van der Waals surface area contributed by atoms with Crippen LogP contribution in [0.25, 0.3) is 0 Å². The van der Waals surface area contributed by atoms with E-state index in [4.69, 9.17) is 0 Å². The lowest BCUT2D eigenvalue weighted by molar-refractivity contribution is 0.0338. The number of anilines is 1. The smallest absolute Gasteiger partial charge is 0.106 e. The topological polar surface area (TPSA) is 63.9 Å². The molecule has 2 atom stereocenters. The first-order valence-corrected chi connectivity index (χ1v) is 7.25. The monoisotopic (exact) mass is 283 g/mol. The Hall–Kier alpha value is -0.750. The van der Waals surface area contributed by atoms with E-state index in [1.165, 1.54) is 0 Å². The molecule has 0 aromatic heterocycles. The molecule has 2 unspecified atom stereocenters. The molecule has 5 heteroatoms. The zero-order chi connectivity index (χ0) is 13.8. The van der Waals surface area contributed by atoms with Gasteiger partial charge >= 0.3 is 0 Å². The van der Waals surface area contributed by atoms with E-state index in [0.29, 0.717) is 5.56 Å². The molecule has 1 heterocycles. The molecule has 106 valence electrons. The van der Waals surface area contributed by atoms with Gasteiger partial charge in [-0.15, -0.1) is 0 Å². The van der Waals surface area contributed by atoms with Gasteiger partial charge in [0.2, 0.25) is 0 Å². The highest BCUT2D eigenvalue weighted by Crippen LogP contribution is 2.24. The molecule has 2 rings (SSSR count). The van der Waals surface area contributed by atoms with Crippen molar-refractivity contribution in [2.75, 3.05) is 23.7 Å². The molecule has 0 aliphatic carbocycles. The van der Waals surface area contributed by atoms with E-state index >= 15 is 0 Å². The van der Waals surface area contributed by atoms with Crippen LogP contribution in [0, 0.1) is 0 Å². The summed E-state index contributed by atoms with van der Waals surface area (Å²) in [5, 5.41) is 28.9. The van der Waals surface area contributed by atoms with E-state index in [2.05, 4.69) is 17.5 Å². The molecular formula is C14H21NO3S. The molecule has 0 saturated carbocycles. The Morgan fingerprint density at radius 2 is 1.74 bits per heavy atom. The van der Waals surface area contributed by atoms with Gasteiger partial charge in [-0.05, 0) is 30.5 Å². The van der Waals surface area contributed by atoms with Crippen LogP contribution < -0.4 is 4.90 Å². The second-order valence-corrected chi connectivity index (χ2v) is 5.37. The van der Waals surface area contributed by atoms with Crippen molar-refractivity contribution in [1.29, 1.82) is 0 Å². The fraction of sp³-hybridized carbons (Fsp3) is 0.571. The number of hydrogen-bond donors (Lipinski definition) is 4. The zero-order valence-corrected chi connectivity index (χ0v) is 11.7. The van der Waals surface area contributed by atoms with Crippen LogP contribution in [0.3, 0.4) is 0 Å². The van der Waals surface area contributed by atoms with Crippen molar-refractivity contribution >= 4 is 18.3 Å². The van der Waals surface area contributed by atoms with Crippen LogP contribution in [0.1, 0.15) is 24.5 Å². The summed E-state index contributed by atoms with van der Waals surface area (Å²) in [4.78, 5) is 2.22. The van der Waals surface area contributed by atoms with Crippen molar-refractivity contribution in [2.45, 2.75) is 31.2 Å². The lowest BCUT2D eigenvalue weighted by Gasteiger charge is -2.31. The van der Waals surface area contributed by atoms with E-state index < -0.39 is 12.2 Å². The number of aliphatic hydroxyl groups is 3. The third-order valence-corrected chi connectivity index (χ3v) is 3.99. The minimum atomic E-state index is -0.894. The van der Waals surface area contributed by atoms with Gasteiger partial charge in [-0.3, -0.25) is 0 Å². The molecule has 1 aliphatic rings. The van der Waals surface area contributed by atoms with Gasteiger partial charge in [0, 0.05) is 24.5 Å². The van der Waals surface area contributed by atoms with Gasteiger partial charge < -0.3 is 20.2 Å². The molecule has 1 saturated heterocycles. The first-order valence-electron chi connectivity index (χ1n) is 6.62. The minimum absolute atomic E-state index is 0.178. The predicted octanol–water partition coefficient (Wildman–Crippen LogP) is 0.972. The van der Waals surface area contributed by atoms with Crippen LogP contribution in [0.5, 0.6) is 0 Å². The average Bonchev–Trinajstić information content (AvgIpc) is 2.46. The number of nitrogens with zero attached hydrogens (tertiary/aromatic N) is 1. The second kappa shape index (κ2) is 6.61. The number of rotatable bonds is 4. The second-order valence-electron chi connectivity index (χ2n) is 5.00. The standard InChI is InChI=1S/C14H21NO3S/c16-12-5-7-15(8-6-12)11-3-1-10(2-4-11)14(18)13(17)9-19/h1-4,12-14,16-19H,5-9H2. The first-order chi connectivity index (χ1) is 9.11. The summed E-state index contributed by atoms with van der Waals surface area (Å²) < 4.78 is 0. The summed E-state index contributed by atoms with van der Waals surface area (Å²) in [5.74, 6) is 0.229. The van der Waals surface area contributed by atoms with Gasteiger partial charge in [-0.1, -0.05) is 12.1 Å². The van der Waals surface area contributed by atoms with Crippen LogP contribution >= 0.6 is 12.6 Å². The Balaban J connectivity index is 2.02. The van der Waals surface area contributed by atoms with Gasteiger partial charge in [0.05, 0.1) is 12.2 Å². The van der Waals surface area contributed by atoms with Crippen LogP contribution in [0.15, 0.2) is 24.3 Å². The SMILES string of the molecule is OC1CCN(c2ccc(C(O)C(O)CS)cc2)CC1. The molecule has 0 bridgehead atoms. The van der Waals surface area contributed by atoms with Gasteiger partial charge in [0.15, 0.2) is 0 Å². The molecule has 19 heavy (non-hydrogen) atoms. The maximum absolute atomic E-state index is 9.88. The Morgan fingerprint density at radius 3 is 2.26 bits per heavy atom. The maximum Gasteiger partial charge on any atom is 0.106 e. The van der Waals surface area contributed by atoms with Crippen molar-refractivity contribution in [3.8, 4) is 0 Å². The molecule has 1 fully saturated rings. The average molecular weight is 283 g/mol. The van der Waals surface area contributed by atoms with Crippen molar-refractivity contribution < 1.29 is 15.3 Å². The van der Waals surface area contributed by atoms with Crippen molar-refractivity contribution in [3.63, 3.8) is 0 Å². The summed E-state index contributed by atoms with van der Waals surface area (Å²) >= 11 is 3.97. The molecule has 4 nitrogen and oxygen atoms in total. The fourth-order valence-electron chi connectivity index (χ4n) is 2.33. The molecule has 0 radical (unpaired) electrons. The summed E-state index contributed by atoms with van der Waals surface area (Å²) in [6, 6.07) is 7.55. The van der Waals surface area contributed by atoms with E-state index in [9.17, 15) is 15.3 Å². The molecule has 3 N–H and O–H groups in total. The molecule has 1 aliphatic heterocycles. The van der Waals surface area contributed by atoms with Crippen molar-refractivity contribution in [2.24, 2.45) is 0 Å². The van der Waals surface area contributed by atoms with Crippen LogP contribution in [-0.2, 0) is 0 Å². The van der Waals surface area contributed by atoms with Crippen LogP contribution in [0.2, 0.25) is 0 Å². The van der Waals surface area contributed by atoms with Gasteiger partial charge in [-0.2, -0.15) is 12.6 Å². The van der Waals surface area contributed by atoms with Crippen LogP contribution in [-0.4, -0.2) is 46.4 Å². The number of hydrogen-bond acceptors (Lipinski definition) is 5. The molecule has 1 aromatic rings. The highest BCUT2D eigenvalue weighted by molar-refractivity contribution is 7.80. The highest BCUT2D eigenvalue weighted by atomic mass is 32.1. The predicted molar refractivity (Wildman–Crippen MR) is 78.7 cm³/mol. The quantitative estimate of drug-likeness (QED) is 0.622. The Kier molecular flexibility index (Phi) is 5.10. The van der Waals surface area contributed by atoms with Gasteiger partial charge in [0.25, 0.3) is 0 Å². The molecular weight excluding hydrogens is 262 g/mol. The Morgan fingerprint density at radius 1 is 1.16 bits per heavy atom.